The molecule has 2 atom stereocenters. The summed E-state index contributed by atoms with van der Waals surface area (Å²) in [5, 5.41) is 2.79. The molecule has 1 amide bonds. The number of aromatic nitrogens is 4. The van der Waals surface area contributed by atoms with Crippen molar-refractivity contribution in [1.29, 1.82) is 0 Å². The molecule has 3 rings (SSSR count). The lowest BCUT2D eigenvalue weighted by molar-refractivity contribution is -0.130. The lowest BCUT2D eigenvalue weighted by Crippen LogP contribution is -2.34. The van der Waals surface area contributed by atoms with Crippen LogP contribution in [0.4, 0.5) is 5.82 Å². The van der Waals surface area contributed by atoms with Gasteiger partial charge in [-0.15, -0.1) is 0 Å². The van der Waals surface area contributed by atoms with Crippen LogP contribution in [0.2, 0.25) is 0 Å². The Balaban J connectivity index is 1.78. The number of nitrogens with zero attached hydrogens (tertiary/aromatic N) is 4. The van der Waals surface area contributed by atoms with Gasteiger partial charge in [0.15, 0.2) is 5.82 Å². The molecule has 0 unspecified atom stereocenters. The molecule has 7 heteroatoms. The second-order valence-corrected chi connectivity index (χ2v) is 5.02. The second-order valence-electron chi connectivity index (χ2n) is 5.02. The first-order chi connectivity index (χ1) is 10.3. The normalized spacial score (nSPS) is 22.0. The number of amides is 1. The smallest absolute Gasteiger partial charge is 0.231 e. The number of anilines is 1. The van der Waals surface area contributed by atoms with Crippen LogP contribution in [0, 0.1) is 5.92 Å². The highest BCUT2D eigenvalue weighted by Crippen LogP contribution is 2.33. The van der Waals surface area contributed by atoms with Gasteiger partial charge in [0.2, 0.25) is 5.91 Å². The summed E-state index contributed by atoms with van der Waals surface area (Å²) in [5.41, 5.74) is 0. The van der Waals surface area contributed by atoms with Crippen molar-refractivity contribution in [3.8, 4) is 0 Å². The van der Waals surface area contributed by atoms with Gasteiger partial charge in [0, 0.05) is 38.4 Å². The van der Waals surface area contributed by atoms with Crippen LogP contribution in [0.15, 0.2) is 31.0 Å². The minimum Gasteiger partial charge on any atom is -0.369 e. The summed E-state index contributed by atoms with van der Waals surface area (Å²) in [7, 11) is 1.90. The van der Waals surface area contributed by atoms with Crippen LogP contribution in [-0.4, -0.2) is 32.0 Å². The van der Waals surface area contributed by atoms with E-state index in [9.17, 15) is 4.79 Å². The third-order valence-corrected chi connectivity index (χ3v) is 3.59. The predicted octanol–water partition coefficient (Wildman–Crippen LogP) is 1.32. The first-order valence-electron chi connectivity index (χ1n) is 6.91. The quantitative estimate of drug-likeness (QED) is 0.920. The number of nitrogens with one attached hydrogen (secondary N) is 1. The Morgan fingerprint density at radius 2 is 2.29 bits per heavy atom. The third kappa shape index (κ3) is 2.92. The average molecular weight is 287 g/mol. The molecule has 2 aromatic rings. The SMILES string of the molecule is Cn1ccnc1[C@@H]1OCCC[C@H]1C(=O)Nc1cnccn1. The topological polar surface area (TPSA) is 81.9 Å². The minimum atomic E-state index is -0.324. The van der Waals surface area contributed by atoms with Gasteiger partial charge < -0.3 is 14.6 Å². The van der Waals surface area contributed by atoms with Crippen LogP contribution < -0.4 is 5.32 Å². The van der Waals surface area contributed by atoms with Crippen molar-refractivity contribution in [1.82, 2.24) is 19.5 Å². The molecule has 1 fully saturated rings. The van der Waals surface area contributed by atoms with Crippen molar-refractivity contribution >= 4 is 11.7 Å². The molecular formula is C14H17N5O2. The molecular weight excluding hydrogens is 270 g/mol. The maximum Gasteiger partial charge on any atom is 0.231 e. The fourth-order valence-corrected chi connectivity index (χ4v) is 2.54. The van der Waals surface area contributed by atoms with Crippen LogP contribution in [-0.2, 0) is 16.6 Å². The largest absolute Gasteiger partial charge is 0.369 e. The number of aryl methyl sites for hydroxylation is 1. The van der Waals surface area contributed by atoms with Gasteiger partial charge in [-0.25, -0.2) is 9.97 Å². The van der Waals surface area contributed by atoms with Gasteiger partial charge in [-0.05, 0) is 12.8 Å². The number of rotatable bonds is 3. The standard InChI is InChI=1S/C14H17N5O2/c1-19-7-6-17-13(19)12-10(3-2-8-21-12)14(20)18-11-9-15-4-5-16-11/h4-7,9-10,12H,2-3,8H2,1H3,(H,16,18,20)/t10-,12-/m1/s1. The number of ether oxygens (including phenoxy) is 1. The van der Waals surface area contributed by atoms with Crippen molar-refractivity contribution in [2.45, 2.75) is 18.9 Å². The molecule has 1 N–H and O–H groups in total. The van der Waals surface area contributed by atoms with Gasteiger partial charge in [-0.2, -0.15) is 0 Å². The van der Waals surface area contributed by atoms with Gasteiger partial charge in [-0.1, -0.05) is 0 Å². The van der Waals surface area contributed by atoms with Crippen molar-refractivity contribution in [3.05, 3.63) is 36.8 Å². The lowest BCUT2D eigenvalue weighted by atomic mass is 9.92. The van der Waals surface area contributed by atoms with Crippen molar-refractivity contribution in [2.24, 2.45) is 13.0 Å². The summed E-state index contributed by atoms with van der Waals surface area (Å²) in [5.74, 6) is 0.839. The van der Waals surface area contributed by atoms with E-state index in [2.05, 4.69) is 20.3 Å². The fraction of sp³-hybridized carbons (Fsp3) is 0.429. The minimum absolute atomic E-state index is 0.108. The first kappa shape index (κ1) is 13.7. The second kappa shape index (κ2) is 6.01. The summed E-state index contributed by atoms with van der Waals surface area (Å²) < 4.78 is 7.68. The van der Waals surface area contributed by atoms with Gasteiger partial charge in [-0.3, -0.25) is 9.78 Å². The molecule has 21 heavy (non-hydrogen) atoms. The molecule has 3 heterocycles. The summed E-state index contributed by atoms with van der Waals surface area (Å²) in [6, 6.07) is 0. The maximum atomic E-state index is 12.5. The number of imidazole rings is 1. The summed E-state index contributed by atoms with van der Waals surface area (Å²) in [6.45, 7) is 0.645. The van der Waals surface area contributed by atoms with E-state index in [1.54, 1.807) is 18.6 Å². The number of hydrogen-bond acceptors (Lipinski definition) is 5. The Labute approximate surface area is 122 Å². The maximum absolute atomic E-state index is 12.5. The third-order valence-electron chi connectivity index (χ3n) is 3.59. The zero-order valence-electron chi connectivity index (χ0n) is 11.8. The molecule has 7 nitrogen and oxygen atoms in total. The molecule has 0 radical (unpaired) electrons. The van der Waals surface area contributed by atoms with Crippen LogP contribution in [0.3, 0.4) is 0 Å². The molecule has 110 valence electrons. The highest BCUT2D eigenvalue weighted by atomic mass is 16.5. The van der Waals surface area contributed by atoms with Crippen molar-refractivity contribution in [3.63, 3.8) is 0 Å². The van der Waals surface area contributed by atoms with Gasteiger partial charge in [0.1, 0.15) is 11.9 Å². The molecule has 1 saturated heterocycles. The molecule has 1 aliphatic rings. The number of carbonyl (C=O) groups excluding carboxylic acids is 1. The molecule has 1 aliphatic heterocycles. The van der Waals surface area contributed by atoms with Gasteiger partial charge in [0.05, 0.1) is 12.1 Å². The summed E-state index contributed by atoms with van der Waals surface area (Å²) in [4.78, 5) is 24.8. The van der Waals surface area contributed by atoms with Gasteiger partial charge >= 0.3 is 0 Å². The summed E-state index contributed by atoms with van der Waals surface area (Å²) in [6.07, 6.45) is 9.51. The van der Waals surface area contributed by atoms with Crippen LogP contribution in [0.25, 0.3) is 0 Å². The van der Waals surface area contributed by atoms with E-state index < -0.39 is 0 Å². The van der Waals surface area contributed by atoms with E-state index in [-0.39, 0.29) is 17.9 Å². The zero-order valence-corrected chi connectivity index (χ0v) is 11.8. The zero-order chi connectivity index (χ0) is 14.7. The Bertz CT molecular complexity index is 613. The number of carbonyl (C=O) groups is 1. The summed E-state index contributed by atoms with van der Waals surface area (Å²) >= 11 is 0. The molecule has 0 aromatic carbocycles. The molecule has 0 spiro atoms. The van der Waals surface area contributed by atoms with E-state index in [1.807, 2.05) is 17.8 Å². The van der Waals surface area contributed by atoms with Crippen molar-refractivity contribution < 1.29 is 9.53 Å². The highest BCUT2D eigenvalue weighted by Gasteiger charge is 2.35. The van der Waals surface area contributed by atoms with Crippen LogP contribution >= 0.6 is 0 Å². The Hall–Kier alpha value is -2.28. The Morgan fingerprint density at radius 3 is 3.00 bits per heavy atom. The van der Waals surface area contributed by atoms with Gasteiger partial charge in [0.25, 0.3) is 0 Å². The van der Waals surface area contributed by atoms with Crippen LogP contribution in [0.1, 0.15) is 24.8 Å². The fourth-order valence-electron chi connectivity index (χ4n) is 2.54. The van der Waals surface area contributed by atoms with E-state index >= 15 is 0 Å². The van der Waals surface area contributed by atoms with Crippen LogP contribution in [0.5, 0.6) is 0 Å². The Kier molecular flexibility index (Phi) is 3.92. The van der Waals surface area contributed by atoms with E-state index in [1.165, 1.54) is 6.20 Å². The number of hydrogen-bond donors (Lipinski definition) is 1. The Morgan fingerprint density at radius 1 is 1.38 bits per heavy atom. The monoisotopic (exact) mass is 287 g/mol. The first-order valence-corrected chi connectivity index (χ1v) is 6.91. The van der Waals surface area contributed by atoms with E-state index in [0.29, 0.717) is 12.4 Å². The molecule has 0 bridgehead atoms. The molecule has 0 aliphatic carbocycles. The van der Waals surface area contributed by atoms with E-state index in [4.69, 9.17) is 4.74 Å². The van der Waals surface area contributed by atoms with E-state index in [0.717, 1.165) is 18.7 Å². The highest BCUT2D eigenvalue weighted by molar-refractivity contribution is 5.92. The van der Waals surface area contributed by atoms with Crippen molar-refractivity contribution in [2.75, 3.05) is 11.9 Å². The molecule has 0 saturated carbocycles. The molecule has 2 aromatic heterocycles. The predicted molar refractivity (Wildman–Crippen MR) is 75.3 cm³/mol. The lowest BCUT2D eigenvalue weighted by Gasteiger charge is -2.30. The average Bonchev–Trinajstić information content (AvgIpc) is 2.94.